The zero-order valence-corrected chi connectivity index (χ0v) is 11.7. The topological polar surface area (TPSA) is 29.9 Å². The summed E-state index contributed by atoms with van der Waals surface area (Å²) < 4.78 is 27.9. The van der Waals surface area contributed by atoms with Gasteiger partial charge in [-0.2, -0.15) is 5.10 Å². The van der Waals surface area contributed by atoms with Crippen LogP contribution in [0.4, 0.5) is 8.78 Å². The molecular weight excluding hydrogens is 260 g/mol. The molecule has 1 N–H and O–H groups in total. The monoisotopic (exact) mass is 279 g/mol. The van der Waals surface area contributed by atoms with E-state index in [1.807, 2.05) is 38.1 Å². The molecule has 0 aliphatic carbocycles. The lowest BCUT2D eigenvalue weighted by molar-refractivity contribution is 0.138. The first-order valence-electron chi connectivity index (χ1n) is 6.71. The van der Waals surface area contributed by atoms with Gasteiger partial charge < -0.3 is 5.32 Å². The van der Waals surface area contributed by atoms with E-state index in [1.54, 1.807) is 0 Å². The Morgan fingerprint density at radius 2 is 2.00 bits per heavy atom. The Balaban J connectivity index is 2.28. The molecule has 0 fully saturated rings. The number of rotatable bonds is 6. The first-order valence-corrected chi connectivity index (χ1v) is 6.71. The fourth-order valence-corrected chi connectivity index (χ4v) is 2.16. The predicted octanol–water partition coefficient (Wildman–Crippen LogP) is 3.29. The minimum Gasteiger partial charge on any atom is -0.313 e. The van der Waals surface area contributed by atoms with Gasteiger partial charge in [-0.05, 0) is 24.6 Å². The van der Waals surface area contributed by atoms with Crippen LogP contribution >= 0.6 is 0 Å². The highest BCUT2D eigenvalue weighted by Gasteiger charge is 2.19. The van der Waals surface area contributed by atoms with Gasteiger partial charge in [-0.1, -0.05) is 31.2 Å². The standard InChI is InChI=1S/C15H19F2N3/c1-3-18-8-13-9-19-20(14(13)15(16)17)10-12-7-5-4-6-11(12)2/h4-7,9,15,18H,3,8,10H2,1-2H3. The van der Waals surface area contributed by atoms with Gasteiger partial charge in [0.1, 0.15) is 5.69 Å². The predicted molar refractivity (Wildman–Crippen MR) is 74.8 cm³/mol. The maximum absolute atomic E-state index is 13.3. The van der Waals surface area contributed by atoms with E-state index in [4.69, 9.17) is 0 Å². The molecule has 0 spiro atoms. The zero-order valence-electron chi connectivity index (χ0n) is 11.7. The van der Waals surface area contributed by atoms with Crippen molar-refractivity contribution in [2.24, 2.45) is 0 Å². The highest BCUT2D eigenvalue weighted by molar-refractivity contribution is 5.27. The number of nitrogens with one attached hydrogen (secondary N) is 1. The second kappa shape index (κ2) is 6.61. The van der Waals surface area contributed by atoms with E-state index in [0.717, 1.165) is 17.7 Å². The van der Waals surface area contributed by atoms with Crippen molar-refractivity contribution in [1.29, 1.82) is 0 Å². The van der Waals surface area contributed by atoms with Crippen LogP contribution in [-0.4, -0.2) is 16.3 Å². The average molecular weight is 279 g/mol. The first-order chi connectivity index (χ1) is 9.63. The quantitative estimate of drug-likeness (QED) is 0.879. The molecule has 1 aromatic heterocycles. The van der Waals surface area contributed by atoms with Crippen LogP contribution in [0.1, 0.15) is 35.7 Å². The van der Waals surface area contributed by atoms with E-state index in [2.05, 4.69) is 10.4 Å². The number of hydrogen-bond donors (Lipinski definition) is 1. The lowest BCUT2D eigenvalue weighted by atomic mass is 10.1. The first kappa shape index (κ1) is 14.7. The molecule has 3 nitrogen and oxygen atoms in total. The summed E-state index contributed by atoms with van der Waals surface area (Å²) in [4.78, 5) is 0. The van der Waals surface area contributed by atoms with Gasteiger partial charge in [-0.3, -0.25) is 4.68 Å². The minimum absolute atomic E-state index is 0.00852. The van der Waals surface area contributed by atoms with Crippen LogP contribution in [0.5, 0.6) is 0 Å². The fraction of sp³-hybridized carbons (Fsp3) is 0.400. The van der Waals surface area contributed by atoms with Crippen LogP contribution < -0.4 is 5.32 Å². The summed E-state index contributed by atoms with van der Waals surface area (Å²) in [5.41, 5.74) is 2.66. The number of hydrogen-bond acceptors (Lipinski definition) is 2. The molecule has 0 aliphatic heterocycles. The molecule has 1 heterocycles. The molecule has 1 aromatic carbocycles. The van der Waals surface area contributed by atoms with E-state index in [9.17, 15) is 8.78 Å². The molecule has 0 unspecified atom stereocenters. The molecule has 20 heavy (non-hydrogen) atoms. The van der Waals surface area contributed by atoms with Crippen molar-refractivity contribution in [3.8, 4) is 0 Å². The summed E-state index contributed by atoms with van der Waals surface area (Å²) in [5.74, 6) is 0. The Hall–Kier alpha value is -1.75. The number of nitrogens with zero attached hydrogens (tertiary/aromatic N) is 2. The highest BCUT2D eigenvalue weighted by Crippen LogP contribution is 2.24. The fourth-order valence-electron chi connectivity index (χ4n) is 2.16. The summed E-state index contributed by atoms with van der Waals surface area (Å²) in [6.07, 6.45) is -0.988. The van der Waals surface area contributed by atoms with Crippen molar-refractivity contribution in [1.82, 2.24) is 15.1 Å². The molecular formula is C15H19F2N3. The highest BCUT2D eigenvalue weighted by atomic mass is 19.3. The zero-order chi connectivity index (χ0) is 14.5. The van der Waals surface area contributed by atoms with Crippen molar-refractivity contribution in [2.45, 2.75) is 33.4 Å². The molecule has 0 radical (unpaired) electrons. The van der Waals surface area contributed by atoms with Crippen molar-refractivity contribution in [2.75, 3.05) is 6.54 Å². The normalized spacial score (nSPS) is 11.2. The number of halogens is 2. The van der Waals surface area contributed by atoms with E-state index in [0.29, 0.717) is 18.7 Å². The average Bonchev–Trinajstić information content (AvgIpc) is 2.82. The molecule has 0 aliphatic rings. The molecule has 2 aromatic rings. The summed E-state index contributed by atoms with van der Waals surface area (Å²) in [6, 6.07) is 7.76. The van der Waals surface area contributed by atoms with Crippen LogP contribution in [0.25, 0.3) is 0 Å². The molecule has 0 saturated carbocycles. The van der Waals surface area contributed by atoms with Gasteiger partial charge in [0.05, 0.1) is 12.7 Å². The van der Waals surface area contributed by atoms with E-state index in [1.165, 1.54) is 10.9 Å². The summed E-state index contributed by atoms with van der Waals surface area (Å²) >= 11 is 0. The van der Waals surface area contributed by atoms with Crippen LogP contribution in [0.15, 0.2) is 30.5 Å². The van der Waals surface area contributed by atoms with E-state index >= 15 is 0 Å². The van der Waals surface area contributed by atoms with Crippen LogP contribution in [0, 0.1) is 6.92 Å². The maximum Gasteiger partial charge on any atom is 0.280 e. The Kier molecular flexibility index (Phi) is 4.84. The number of aryl methyl sites for hydroxylation is 1. The molecule has 2 rings (SSSR count). The largest absolute Gasteiger partial charge is 0.313 e. The van der Waals surface area contributed by atoms with Crippen LogP contribution in [-0.2, 0) is 13.1 Å². The lowest BCUT2D eigenvalue weighted by Crippen LogP contribution is -2.14. The second-order valence-electron chi connectivity index (χ2n) is 4.72. The SMILES string of the molecule is CCNCc1cnn(Cc2ccccc2C)c1C(F)F. The van der Waals surface area contributed by atoms with Gasteiger partial charge >= 0.3 is 0 Å². The molecule has 5 heteroatoms. The van der Waals surface area contributed by atoms with Gasteiger partial charge in [-0.25, -0.2) is 8.78 Å². The van der Waals surface area contributed by atoms with Crippen molar-refractivity contribution in [3.05, 3.63) is 52.8 Å². The van der Waals surface area contributed by atoms with E-state index < -0.39 is 6.43 Å². The number of benzene rings is 1. The third-order valence-corrected chi connectivity index (χ3v) is 3.31. The maximum atomic E-state index is 13.3. The Labute approximate surface area is 117 Å². The summed E-state index contributed by atoms with van der Waals surface area (Å²) in [5, 5.41) is 7.19. The second-order valence-corrected chi connectivity index (χ2v) is 4.72. The molecule has 0 atom stereocenters. The Morgan fingerprint density at radius 3 is 2.65 bits per heavy atom. The lowest BCUT2D eigenvalue weighted by Gasteiger charge is -2.11. The van der Waals surface area contributed by atoms with Gasteiger partial charge in [-0.15, -0.1) is 0 Å². The van der Waals surface area contributed by atoms with Gasteiger partial charge in [0.15, 0.2) is 0 Å². The smallest absolute Gasteiger partial charge is 0.280 e. The third-order valence-electron chi connectivity index (χ3n) is 3.31. The summed E-state index contributed by atoms with van der Waals surface area (Å²) in [7, 11) is 0. The minimum atomic E-state index is -2.52. The van der Waals surface area contributed by atoms with Crippen LogP contribution in [0.2, 0.25) is 0 Å². The third kappa shape index (κ3) is 3.22. The van der Waals surface area contributed by atoms with E-state index in [-0.39, 0.29) is 5.69 Å². The molecule has 0 amide bonds. The molecule has 0 bridgehead atoms. The Bertz CT molecular complexity index is 564. The molecule has 0 saturated heterocycles. The number of alkyl halides is 2. The van der Waals surface area contributed by atoms with Crippen LogP contribution in [0.3, 0.4) is 0 Å². The summed E-state index contributed by atoms with van der Waals surface area (Å²) in [6.45, 7) is 5.45. The number of aromatic nitrogens is 2. The molecule has 108 valence electrons. The van der Waals surface area contributed by atoms with Crippen molar-refractivity contribution < 1.29 is 8.78 Å². The van der Waals surface area contributed by atoms with Gasteiger partial charge in [0, 0.05) is 12.1 Å². The van der Waals surface area contributed by atoms with Gasteiger partial charge in [0.2, 0.25) is 0 Å². The Morgan fingerprint density at radius 1 is 1.25 bits per heavy atom. The van der Waals surface area contributed by atoms with Gasteiger partial charge in [0.25, 0.3) is 6.43 Å². The van der Waals surface area contributed by atoms with Crippen molar-refractivity contribution in [3.63, 3.8) is 0 Å². The van der Waals surface area contributed by atoms with Crippen molar-refractivity contribution >= 4 is 0 Å².